The van der Waals surface area contributed by atoms with Gasteiger partial charge in [0.25, 0.3) is 0 Å². The fourth-order valence-corrected chi connectivity index (χ4v) is 1.46. The highest BCUT2D eigenvalue weighted by atomic mass is 16.4. The Morgan fingerprint density at radius 3 is 2.53 bits per heavy atom. The molecule has 1 unspecified atom stereocenters. The Hall–Kier alpha value is -1.61. The molecule has 3 nitrogen and oxygen atoms in total. The molecule has 0 spiro atoms. The highest BCUT2D eigenvalue weighted by Gasteiger charge is 2.03. The molecule has 1 N–H and O–H groups in total. The largest absolute Gasteiger partial charge is 0.389 e. The minimum absolute atomic E-state index is 0.161. The van der Waals surface area contributed by atoms with Crippen molar-refractivity contribution in [2.75, 3.05) is 0 Å². The van der Waals surface area contributed by atoms with E-state index in [9.17, 15) is 15.0 Å². The van der Waals surface area contributed by atoms with Gasteiger partial charge in [0.1, 0.15) is 0 Å². The number of hydrogen-bond donors (Lipinski definition) is 1. The average Bonchev–Trinajstić information content (AvgIpc) is 2.34. The number of aliphatic hydroxyl groups is 1. The van der Waals surface area contributed by atoms with E-state index >= 15 is 0 Å². The van der Waals surface area contributed by atoms with Gasteiger partial charge in [-0.15, -0.1) is 0 Å². The van der Waals surface area contributed by atoms with Gasteiger partial charge in [-0.3, -0.25) is 0 Å². The molecule has 1 atom stereocenters. The summed E-state index contributed by atoms with van der Waals surface area (Å²) in [6.07, 6.45) is 5.89. The molecular weight excluding hydrogens is 216 g/mol. The molecule has 0 aliphatic rings. The summed E-state index contributed by atoms with van der Waals surface area (Å²) in [6.45, 7) is 2.08. The van der Waals surface area contributed by atoms with E-state index < -0.39 is 12.1 Å². The summed E-state index contributed by atoms with van der Waals surface area (Å²) in [5.41, 5.74) is 1.03. The van der Waals surface area contributed by atoms with Crippen LogP contribution in [0.5, 0.6) is 0 Å². The summed E-state index contributed by atoms with van der Waals surface area (Å²) in [5.74, 6) is -1.18. The number of carbonyl (C=O) groups excluding carboxylic acids is 1. The topological polar surface area (TPSA) is 57.2 Å². The molecule has 0 fully saturated rings. The van der Waals surface area contributed by atoms with Crippen LogP contribution in [0, 0.1) is 0 Å². The third-order valence-corrected chi connectivity index (χ3v) is 2.51. The van der Waals surface area contributed by atoms with Crippen LogP contribution >= 0.6 is 0 Å². The standard InChI is InChI=1S/C14H17O3/c1-2-3-4-13(15)10-7-11-5-8-12(9-6-11)14(16)17/h5-10,13,15H,2-4H2,1H3/b10-7+. The molecule has 1 aromatic rings. The molecule has 17 heavy (non-hydrogen) atoms. The number of carbonyl (C=O) groups is 1. The zero-order chi connectivity index (χ0) is 12.7. The van der Waals surface area contributed by atoms with Gasteiger partial charge < -0.3 is 5.11 Å². The quantitative estimate of drug-likeness (QED) is 0.821. The molecule has 0 amide bonds. The van der Waals surface area contributed by atoms with Gasteiger partial charge in [-0.1, -0.05) is 44.1 Å². The van der Waals surface area contributed by atoms with E-state index in [4.69, 9.17) is 0 Å². The van der Waals surface area contributed by atoms with Gasteiger partial charge >= 0.3 is 5.97 Å². The van der Waals surface area contributed by atoms with Gasteiger partial charge in [0.15, 0.2) is 0 Å². The maximum atomic E-state index is 10.5. The number of hydrogen-bond acceptors (Lipinski definition) is 2. The zero-order valence-corrected chi connectivity index (χ0v) is 9.93. The van der Waals surface area contributed by atoms with Crippen molar-refractivity contribution in [1.82, 2.24) is 0 Å². The molecular formula is C14H17O3. The summed E-state index contributed by atoms with van der Waals surface area (Å²) in [6, 6.07) is 6.36. The molecule has 0 aliphatic heterocycles. The van der Waals surface area contributed by atoms with Gasteiger partial charge in [0.2, 0.25) is 0 Å². The molecule has 0 saturated carbocycles. The summed E-state index contributed by atoms with van der Waals surface area (Å²) >= 11 is 0. The molecule has 1 rings (SSSR count). The summed E-state index contributed by atoms with van der Waals surface area (Å²) in [7, 11) is 0. The van der Waals surface area contributed by atoms with Crippen molar-refractivity contribution >= 4 is 12.0 Å². The van der Waals surface area contributed by atoms with Crippen LogP contribution in [0.3, 0.4) is 0 Å². The Balaban J connectivity index is 2.56. The Morgan fingerprint density at radius 2 is 2.00 bits per heavy atom. The fourth-order valence-electron chi connectivity index (χ4n) is 1.46. The lowest BCUT2D eigenvalue weighted by Crippen LogP contribution is -2.00. The number of unbranched alkanes of at least 4 members (excludes halogenated alkanes) is 1. The molecule has 0 bridgehead atoms. The van der Waals surface area contributed by atoms with E-state index in [2.05, 4.69) is 6.92 Å². The third kappa shape index (κ3) is 4.83. The molecule has 0 aromatic heterocycles. The first-order valence-corrected chi connectivity index (χ1v) is 5.81. The van der Waals surface area contributed by atoms with Crippen molar-refractivity contribution < 1.29 is 15.0 Å². The summed E-state index contributed by atoms with van der Waals surface area (Å²) in [4.78, 5) is 10.5. The van der Waals surface area contributed by atoms with Crippen LogP contribution in [0.15, 0.2) is 30.3 Å². The Morgan fingerprint density at radius 1 is 1.35 bits per heavy atom. The van der Waals surface area contributed by atoms with Gasteiger partial charge in [0, 0.05) is 0 Å². The summed E-state index contributed by atoms with van der Waals surface area (Å²) < 4.78 is 0. The van der Waals surface area contributed by atoms with Crippen LogP contribution in [0.2, 0.25) is 0 Å². The molecule has 1 aromatic carbocycles. The van der Waals surface area contributed by atoms with Gasteiger partial charge in [-0.2, -0.15) is 0 Å². The van der Waals surface area contributed by atoms with Crippen LogP contribution < -0.4 is 0 Å². The van der Waals surface area contributed by atoms with E-state index in [1.165, 1.54) is 12.1 Å². The van der Waals surface area contributed by atoms with Gasteiger partial charge in [-0.05, 0) is 24.1 Å². The lowest BCUT2D eigenvalue weighted by molar-refractivity contribution is 0.0573. The van der Waals surface area contributed by atoms with Crippen molar-refractivity contribution in [2.45, 2.75) is 32.3 Å². The predicted molar refractivity (Wildman–Crippen MR) is 66.0 cm³/mol. The van der Waals surface area contributed by atoms with Gasteiger partial charge in [-0.25, -0.2) is 9.90 Å². The predicted octanol–water partition coefficient (Wildman–Crippen LogP) is 2.82. The van der Waals surface area contributed by atoms with E-state index in [0.717, 1.165) is 24.8 Å². The maximum Gasteiger partial charge on any atom is 0.386 e. The normalized spacial score (nSPS) is 12.8. The second-order valence-electron chi connectivity index (χ2n) is 3.98. The second kappa shape index (κ2) is 6.86. The van der Waals surface area contributed by atoms with Crippen molar-refractivity contribution in [3.8, 4) is 0 Å². The SMILES string of the molecule is CCCCC(O)/C=C/c1ccc(C([O])=O)cc1. The second-order valence-corrected chi connectivity index (χ2v) is 3.98. The van der Waals surface area contributed by atoms with Crippen molar-refractivity contribution in [3.05, 3.63) is 41.5 Å². The van der Waals surface area contributed by atoms with E-state index in [1.54, 1.807) is 24.3 Å². The Labute approximate surface area is 101 Å². The Kier molecular flexibility index (Phi) is 5.43. The van der Waals surface area contributed by atoms with Crippen LogP contribution in [0.4, 0.5) is 0 Å². The smallest absolute Gasteiger partial charge is 0.386 e. The molecule has 0 aliphatic carbocycles. The van der Waals surface area contributed by atoms with Crippen LogP contribution in [0.1, 0.15) is 42.1 Å². The maximum absolute atomic E-state index is 10.5. The van der Waals surface area contributed by atoms with E-state index in [1.807, 2.05) is 0 Å². The minimum Gasteiger partial charge on any atom is -0.389 e. The number of aliphatic hydroxyl groups excluding tert-OH is 1. The van der Waals surface area contributed by atoms with Crippen molar-refractivity contribution in [3.63, 3.8) is 0 Å². The monoisotopic (exact) mass is 233 g/mol. The first kappa shape index (κ1) is 13.5. The molecule has 0 saturated heterocycles. The lowest BCUT2D eigenvalue weighted by Gasteiger charge is -2.03. The fraction of sp³-hybridized carbons (Fsp3) is 0.357. The Bertz CT molecular complexity index is 379. The van der Waals surface area contributed by atoms with Gasteiger partial charge in [0.05, 0.1) is 11.7 Å². The third-order valence-electron chi connectivity index (χ3n) is 2.51. The highest BCUT2D eigenvalue weighted by Crippen LogP contribution is 2.08. The number of rotatable bonds is 6. The average molecular weight is 233 g/mol. The first-order chi connectivity index (χ1) is 8.13. The van der Waals surface area contributed by atoms with Crippen LogP contribution in [-0.4, -0.2) is 17.2 Å². The number of benzene rings is 1. The molecule has 91 valence electrons. The minimum atomic E-state index is -1.18. The van der Waals surface area contributed by atoms with E-state index in [0.29, 0.717) is 0 Å². The van der Waals surface area contributed by atoms with Crippen LogP contribution in [0.25, 0.3) is 6.08 Å². The summed E-state index contributed by atoms with van der Waals surface area (Å²) in [5, 5.41) is 20.1. The van der Waals surface area contributed by atoms with Crippen LogP contribution in [-0.2, 0) is 5.11 Å². The molecule has 0 heterocycles. The molecule has 3 heteroatoms. The van der Waals surface area contributed by atoms with E-state index in [-0.39, 0.29) is 5.56 Å². The molecule has 1 radical (unpaired) electrons. The lowest BCUT2D eigenvalue weighted by atomic mass is 10.1. The van der Waals surface area contributed by atoms with Crippen molar-refractivity contribution in [1.29, 1.82) is 0 Å². The van der Waals surface area contributed by atoms with Crippen molar-refractivity contribution in [2.24, 2.45) is 0 Å². The first-order valence-electron chi connectivity index (χ1n) is 5.81. The zero-order valence-electron chi connectivity index (χ0n) is 9.93. The highest BCUT2D eigenvalue weighted by molar-refractivity contribution is 5.87.